The van der Waals surface area contributed by atoms with Crippen LogP contribution in [0.15, 0.2) is 24.4 Å². The van der Waals surface area contributed by atoms with Crippen LogP contribution >= 0.6 is 11.6 Å². The van der Waals surface area contributed by atoms with Crippen molar-refractivity contribution in [2.75, 3.05) is 33.8 Å². The van der Waals surface area contributed by atoms with Crippen LogP contribution in [0.2, 0.25) is 0 Å². The van der Waals surface area contributed by atoms with Gasteiger partial charge in [-0.25, -0.2) is 4.79 Å². The molecule has 5 nitrogen and oxygen atoms in total. The lowest BCUT2D eigenvalue weighted by Crippen LogP contribution is -2.15. The highest BCUT2D eigenvalue weighted by molar-refractivity contribution is 6.17. The molecule has 2 aromatic rings. The SMILES string of the molecule is CC.CC.COc1ccc2c(CCN(C)C)cn(C(=O)OCCl)c2c1. The standard InChI is InChI=1S/C15H19ClN2O3.2C2H6/c1-17(2)7-6-11-9-18(15(19)21-10-16)14-8-12(20-3)4-5-13(11)14;2*1-2/h4-5,8-9H,6-7,10H2,1-3H3;2*1-2H3. The van der Waals surface area contributed by atoms with Crippen molar-refractivity contribution in [3.8, 4) is 5.75 Å². The van der Waals surface area contributed by atoms with E-state index in [2.05, 4.69) is 4.90 Å². The third-order valence-electron chi connectivity index (χ3n) is 3.30. The molecule has 142 valence electrons. The van der Waals surface area contributed by atoms with E-state index in [0.29, 0.717) is 5.75 Å². The lowest BCUT2D eigenvalue weighted by Gasteiger charge is -2.08. The van der Waals surface area contributed by atoms with Crippen LogP contribution in [0.1, 0.15) is 33.3 Å². The predicted octanol–water partition coefficient (Wildman–Crippen LogP) is 4.99. The number of likely N-dealkylation sites (N-methyl/N-ethyl adjacent to an activating group) is 1. The lowest BCUT2D eigenvalue weighted by atomic mass is 10.1. The fourth-order valence-electron chi connectivity index (χ4n) is 2.21. The minimum atomic E-state index is -0.487. The third kappa shape index (κ3) is 6.59. The molecule has 0 unspecified atom stereocenters. The zero-order valence-electron chi connectivity index (χ0n) is 16.4. The summed E-state index contributed by atoms with van der Waals surface area (Å²) in [6.45, 7) is 8.90. The number of carbonyl (C=O) groups excluding carboxylic acids is 1. The average molecular weight is 371 g/mol. The van der Waals surface area contributed by atoms with Gasteiger partial charge in [-0.05, 0) is 38.2 Å². The molecule has 0 saturated heterocycles. The fraction of sp³-hybridized carbons (Fsp3) is 0.526. The number of fused-ring (bicyclic) bond motifs is 1. The van der Waals surface area contributed by atoms with Crippen LogP contribution in [0.25, 0.3) is 10.9 Å². The van der Waals surface area contributed by atoms with E-state index >= 15 is 0 Å². The molecule has 0 spiro atoms. The quantitative estimate of drug-likeness (QED) is 0.695. The summed E-state index contributed by atoms with van der Waals surface area (Å²) in [6, 6.07) is 5.50. The Bertz CT molecular complexity index is 639. The number of nitrogens with zero attached hydrogens (tertiary/aromatic N) is 2. The smallest absolute Gasteiger partial charge is 0.419 e. The maximum atomic E-state index is 12.0. The van der Waals surface area contributed by atoms with Crippen molar-refractivity contribution < 1.29 is 14.3 Å². The molecule has 1 aromatic heterocycles. The molecule has 25 heavy (non-hydrogen) atoms. The van der Waals surface area contributed by atoms with Gasteiger partial charge in [0.1, 0.15) is 5.75 Å². The second kappa shape index (κ2) is 12.6. The summed E-state index contributed by atoms with van der Waals surface area (Å²) in [4.78, 5) is 14.1. The van der Waals surface area contributed by atoms with E-state index in [1.165, 1.54) is 4.57 Å². The van der Waals surface area contributed by atoms with Crippen LogP contribution in [0.4, 0.5) is 4.79 Å². The molecule has 1 heterocycles. The van der Waals surface area contributed by atoms with Gasteiger partial charge in [0.15, 0.2) is 6.07 Å². The molecule has 0 saturated carbocycles. The first-order chi connectivity index (χ1) is 12.1. The van der Waals surface area contributed by atoms with Crippen molar-refractivity contribution >= 4 is 28.6 Å². The summed E-state index contributed by atoms with van der Waals surface area (Å²) >= 11 is 5.48. The molecule has 0 N–H and O–H groups in total. The minimum Gasteiger partial charge on any atom is -0.497 e. The number of benzene rings is 1. The van der Waals surface area contributed by atoms with Crippen molar-refractivity contribution in [3.63, 3.8) is 0 Å². The van der Waals surface area contributed by atoms with E-state index in [9.17, 15) is 4.79 Å². The first kappa shape index (κ1) is 23.3. The highest BCUT2D eigenvalue weighted by Crippen LogP contribution is 2.26. The molecule has 0 radical (unpaired) electrons. The Kier molecular flexibility index (Phi) is 11.7. The fourth-order valence-corrected chi connectivity index (χ4v) is 2.31. The maximum Gasteiger partial charge on any atom is 0.419 e. The molecule has 1 aromatic carbocycles. The lowest BCUT2D eigenvalue weighted by molar-refractivity contribution is 0.167. The Balaban J connectivity index is 0.00000134. The monoisotopic (exact) mass is 370 g/mol. The number of hydrogen-bond donors (Lipinski definition) is 0. The number of hydrogen-bond acceptors (Lipinski definition) is 4. The molecule has 0 bridgehead atoms. The highest BCUT2D eigenvalue weighted by atomic mass is 35.5. The molecular formula is C19H31ClN2O3. The molecule has 0 aliphatic heterocycles. The normalized spacial score (nSPS) is 9.80. The van der Waals surface area contributed by atoms with Crippen LogP contribution in [0.5, 0.6) is 5.75 Å². The summed E-state index contributed by atoms with van der Waals surface area (Å²) in [6.07, 6.45) is 2.17. The van der Waals surface area contributed by atoms with Gasteiger partial charge in [-0.2, -0.15) is 0 Å². The van der Waals surface area contributed by atoms with Crippen molar-refractivity contribution in [1.29, 1.82) is 0 Å². The van der Waals surface area contributed by atoms with Gasteiger partial charge in [0.2, 0.25) is 0 Å². The van der Waals surface area contributed by atoms with E-state index in [1.54, 1.807) is 7.11 Å². The Morgan fingerprint density at radius 3 is 2.36 bits per heavy atom. The number of methoxy groups -OCH3 is 1. The number of halogens is 1. The number of rotatable bonds is 5. The van der Waals surface area contributed by atoms with Gasteiger partial charge < -0.3 is 14.4 Å². The van der Waals surface area contributed by atoms with Crippen LogP contribution in [0, 0.1) is 0 Å². The second-order valence-corrected chi connectivity index (χ2v) is 5.20. The summed E-state index contributed by atoms with van der Waals surface area (Å²) in [5.41, 5.74) is 1.85. The van der Waals surface area contributed by atoms with Crippen LogP contribution in [-0.2, 0) is 11.2 Å². The van der Waals surface area contributed by atoms with E-state index in [0.717, 1.165) is 29.4 Å². The largest absolute Gasteiger partial charge is 0.497 e. The van der Waals surface area contributed by atoms with Crippen LogP contribution < -0.4 is 4.74 Å². The Morgan fingerprint density at radius 1 is 1.20 bits per heavy atom. The minimum absolute atomic E-state index is 0.171. The van der Waals surface area contributed by atoms with E-state index in [1.807, 2.05) is 66.2 Å². The number of ether oxygens (including phenoxy) is 2. The van der Waals surface area contributed by atoms with E-state index < -0.39 is 6.09 Å². The average Bonchev–Trinajstić information content (AvgIpc) is 3.01. The summed E-state index contributed by atoms with van der Waals surface area (Å²) in [7, 11) is 5.63. The second-order valence-electron chi connectivity index (χ2n) is 4.98. The molecule has 0 atom stereocenters. The van der Waals surface area contributed by atoms with Crippen LogP contribution in [0.3, 0.4) is 0 Å². The van der Waals surface area contributed by atoms with Crippen LogP contribution in [-0.4, -0.2) is 49.4 Å². The highest BCUT2D eigenvalue weighted by Gasteiger charge is 2.15. The molecule has 0 aliphatic carbocycles. The predicted molar refractivity (Wildman–Crippen MR) is 106 cm³/mol. The summed E-state index contributed by atoms with van der Waals surface area (Å²) in [5, 5.41) is 1.02. The Morgan fingerprint density at radius 2 is 1.84 bits per heavy atom. The number of alkyl halides is 1. The first-order valence-electron chi connectivity index (χ1n) is 8.62. The van der Waals surface area contributed by atoms with Gasteiger partial charge in [0.05, 0.1) is 12.6 Å². The van der Waals surface area contributed by atoms with Gasteiger partial charge >= 0.3 is 6.09 Å². The number of carbonyl (C=O) groups is 1. The molecule has 0 fully saturated rings. The van der Waals surface area contributed by atoms with Crippen molar-refractivity contribution in [3.05, 3.63) is 30.0 Å². The topological polar surface area (TPSA) is 43.7 Å². The van der Waals surface area contributed by atoms with Crippen molar-refractivity contribution in [2.45, 2.75) is 34.1 Å². The van der Waals surface area contributed by atoms with Gasteiger partial charge in [-0.15, -0.1) is 0 Å². The zero-order valence-corrected chi connectivity index (χ0v) is 17.2. The number of aromatic nitrogens is 1. The van der Waals surface area contributed by atoms with Crippen molar-refractivity contribution in [2.24, 2.45) is 0 Å². The summed E-state index contributed by atoms with van der Waals surface area (Å²) < 4.78 is 11.6. The maximum absolute atomic E-state index is 12.0. The first-order valence-corrected chi connectivity index (χ1v) is 9.16. The van der Waals surface area contributed by atoms with E-state index in [4.69, 9.17) is 21.1 Å². The Labute approximate surface area is 156 Å². The molecule has 0 aliphatic rings. The van der Waals surface area contributed by atoms with Gasteiger partial charge in [0, 0.05) is 24.2 Å². The van der Waals surface area contributed by atoms with E-state index in [-0.39, 0.29) is 6.07 Å². The van der Waals surface area contributed by atoms with Gasteiger partial charge in [-0.1, -0.05) is 39.3 Å². The van der Waals surface area contributed by atoms with Gasteiger partial charge in [0.25, 0.3) is 0 Å². The molecule has 2 rings (SSSR count). The third-order valence-corrected chi connectivity index (χ3v) is 3.41. The zero-order chi connectivity index (χ0) is 19.4. The molecular weight excluding hydrogens is 340 g/mol. The molecule has 0 amide bonds. The Hall–Kier alpha value is -1.72. The van der Waals surface area contributed by atoms with Crippen molar-refractivity contribution in [1.82, 2.24) is 9.47 Å². The summed E-state index contributed by atoms with van der Waals surface area (Å²) in [5.74, 6) is 0.694. The van der Waals surface area contributed by atoms with Gasteiger partial charge in [-0.3, -0.25) is 4.57 Å². The molecule has 6 heteroatoms.